The van der Waals surface area contributed by atoms with Crippen LogP contribution in [0.3, 0.4) is 0 Å². The zero-order valence-electron chi connectivity index (χ0n) is 11.2. The van der Waals surface area contributed by atoms with E-state index in [9.17, 15) is 9.90 Å². The topological polar surface area (TPSA) is 101 Å². The zero-order chi connectivity index (χ0) is 14.7. The van der Waals surface area contributed by atoms with Crippen LogP contribution in [0, 0.1) is 0 Å². The Kier molecular flexibility index (Phi) is 4.66. The summed E-state index contributed by atoms with van der Waals surface area (Å²) in [6.45, 7) is 5.76. The summed E-state index contributed by atoms with van der Waals surface area (Å²) >= 11 is 1.52. The zero-order valence-corrected chi connectivity index (χ0v) is 12.0. The first-order chi connectivity index (χ1) is 9.51. The van der Waals surface area contributed by atoms with Crippen LogP contribution in [-0.2, 0) is 9.53 Å². The minimum atomic E-state index is -0.542. The molecule has 0 bridgehead atoms. The van der Waals surface area contributed by atoms with Crippen molar-refractivity contribution in [1.82, 2.24) is 4.90 Å². The van der Waals surface area contributed by atoms with Gasteiger partial charge in [0.15, 0.2) is 0 Å². The van der Waals surface area contributed by atoms with Crippen molar-refractivity contribution in [2.45, 2.75) is 36.5 Å². The van der Waals surface area contributed by atoms with Gasteiger partial charge in [-0.05, 0) is 0 Å². The Balaban J connectivity index is 1.92. The number of aliphatic hydroxyl groups excluding tert-OH is 1. The molecule has 0 aromatic carbocycles. The van der Waals surface area contributed by atoms with Gasteiger partial charge in [-0.15, -0.1) is 11.8 Å². The van der Waals surface area contributed by atoms with Gasteiger partial charge in [0, 0.05) is 12.8 Å². The second kappa shape index (κ2) is 6.27. The largest absolute Gasteiger partial charge is 0.464 e. The van der Waals surface area contributed by atoms with Crippen LogP contribution in [0.5, 0.6) is 0 Å². The van der Waals surface area contributed by atoms with Crippen LogP contribution in [0.4, 0.5) is 0 Å². The number of hydrogen-bond donors (Lipinski definition) is 2. The molecule has 0 aromatic rings. The fraction of sp³-hybridized carbons (Fsp3) is 0.583. The molecule has 8 heteroatoms. The van der Waals surface area contributed by atoms with E-state index in [1.165, 1.54) is 11.8 Å². The molecular formula is C12H18N4O3S. The van der Waals surface area contributed by atoms with Crippen LogP contribution in [0.15, 0.2) is 22.4 Å². The molecule has 2 aliphatic heterocycles. The van der Waals surface area contributed by atoms with Gasteiger partial charge in [-0.25, -0.2) is 4.99 Å². The quantitative estimate of drug-likeness (QED) is 0.722. The fourth-order valence-corrected chi connectivity index (χ4v) is 3.42. The molecule has 110 valence electrons. The predicted molar refractivity (Wildman–Crippen MR) is 78.1 cm³/mol. The van der Waals surface area contributed by atoms with Crippen molar-refractivity contribution in [1.29, 1.82) is 0 Å². The molecule has 2 aliphatic rings. The van der Waals surface area contributed by atoms with E-state index in [2.05, 4.69) is 16.6 Å². The van der Waals surface area contributed by atoms with Gasteiger partial charge in [0.05, 0.1) is 16.7 Å². The average Bonchev–Trinajstić information content (AvgIpc) is 2.77. The maximum atomic E-state index is 11.2. The van der Waals surface area contributed by atoms with Gasteiger partial charge in [0.2, 0.25) is 5.96 Å². The van der Waals surface area contributed by atoms with E-state index < -0.39 is 6.10 Å². The number of ether oxygens (including phenoxy) is 1. The van der Waals surface area contributed by atoms with Crippen molar-refractivity contribution in [3.05, 3.63) is 12.4 Å². The van der Waals surface area contributed by atoms with Crippen LogP contribution in [0.2, 0.25) is 0 Å². The highest BCUT2D eigenvalue weighted by molar-refractivity contribution is 8.00. The Morgan fingerprint density at radius 1 is 1.75 bits per heavy atom. The van der Waals surface area contributed by atoms with Crippen molar-refractivity contribution < 1.29 is 14.6 Å². The van der Waals surface area contributed by atoms with Crippen molar-refractivity contribution in [2.75, 3.05) is 6.61 Å². The van der Waals surface area contributed by atoms with Crippen molar-refractivity contribution >= 4 is 30.0 Å². The third-order valence-electron chi connectivity index (χ3n) is 3.07. The number of aliphatic hydroxyl groups is 1. The van der Waals surface area contributed by atoms with Crippen LogP contribution in [0.25, 0.3) is 0 Å². The van der Waals surface area contributed by atoms with E-state index in [0.29, 0.717) is 18.7 Å². The number of esters is 1. The number of carbonyl (C=O) groups excluding carboxylic acids is 1. The number of thioether (sulfide) groups is 1. The summed E-state index contributed by atoms with van der Waals surface area (Å²) in [5.74, 6) is 0.402. The summed E-state index contributed by atoms with van der Waals surface area (Å²) in [5.41, 5.74) is 5.49. The molecule has 7 nitrogen and oxygen atoms in total. The van der Waals surface area contributed by atoms with E-state index in [1.807, 2.05) is 0 Å². The number of guanidine groups is 1. The smallest absolute Gasteiger partial charge is 0.305 e. The maximum Gasteiger partial charge on any atom is 0.305 e. The lowest BCUT2D eigenvalue weighted by molar-refractivity contribution is -0.143. The number of aliphatic imine (C=N–C) groups is 2. The Labute approximate surface area is 121 Å². The van der Waals surface area contributed by atoms with Crippen molar-refractivity contribution in [3.63, 3.8) is 0 Å². The third kappa shape index (κ3) is 3.31. The second-order valence-electron chi connectivity index (χ2n) is 4.51. The summed E-state index contributed by atoms with van der Waals surface area (Å²) in [5, 5.41) is 9.85. The lowest BCUT2D eigenvalue weighted by Crippen LogP contribution is -2.33. The highest BCUT2D eigenvalue weighted by Gasteiger charge is 2.38. The standard InChI is InChI=1S/C12H18N4O3S/c1-3-11(18)19-5-9-8(17)4-10(20-9)16-6-14-12(13)15-7(16)2/h6,8-10,17H,2-5H2,1H3,(H2,13,15)/t8?,9-,10-/m1/s1. The van der Waals surface area contributed by atoms with Crippen molar-refractivity contribution in [3.8, 4) is 0 Å². The molecule has 0 spiro atoms. The number of rotatable bonds is 4. The average molecular weight is 298 g/mol. The summed E-state index contributed by atoms with van der Waals surface area (Å²) < 4.78 is 5.08. The molecule has 2 rings (SSSR count). The molecule has 0 saturated carbocycles. The second-order valence-corrected chi connectivity index (χ2v) is 5.93. The molecule has 20 heavy (non-hydrogen) atoms. The molecular weight excluding hydrogens is 280 g/mol. The molecule has 3 N–H and O–H groups in total. The summed E-state index contributed by atoms with van der Waals surface area (Å²) in [6, 6.07) is 0. The highest BCUT2D eigenvalue weighted by Crippen LogP contribution is 2.37. The van der Waals surface area contributed by atoms with E-state index in [1.54, 1.807) is 18.2 Å². The lowest BCUT2D eigenvalue weighted by Gasteiger charge is -2.27. The van der Waals surface area contributed by atoms with Gasteiger partial charge in [0.1, 0.15) is 18.8 Å². The Bertz CT molecular complexity index is 466. The monoisotopic (exact) mass is 298 g/mol. The molecule has 0 aromatic heterocycles. The molecule has 0 radical (unpaired) electrons. The molecule has 1 unspecified atom stereocenters. The normalized spacial score (nSPS) is 29.5. The van der Waals surface area contributed by atoms with E-state index >= 15 is 0 Å². The molecule has 1 saturated heterocycles. The van der Waals surface area contributed by atoms with Crippen LogP contribution < -0.4 is 5.73 Å². The lowest BCUT2D eigenvalue weighted by atomic mass is 10.2. The summed E-state index contributed by atoms with van der Waals surface area (Å²) in [4.78, 5) is 20.9. The fourth-order valence-electron chi connectivity index (χ4n) is 1.96. The number of nitrogens with two attached hydrogens (primary N) is 1. The Morgan fingerprint density at radius 2 is 2.50 bits per heavy atom. The van der Waals surface area contributed by atoms with E-state index in [4.69, 9.17) is 10.5 Å². The van der Waals surface area contributed by atoms with Gasteiger partial charge in [-0.1, -0.05) is 13.5 Å². The van der Waals surface area contributed by atoms with Gasteiger partial charge in [0.25, 0.3) is 0 Å². The molecule has 0 amide bonds. The molecule has 1 fully saturated rings. The SMILES string of the molecule is C=C1N=C(N)N=CN1[C@H]1CC(O)[C@@H](COC(=O)CC)S1. The number of carbonyl (C=O) groups is 1. The first-order valence-corrected chi connectivity index (χ1v) is 7.30. The Morgan fingerprint density at radius 3 is 3.15 bits per heavy atom. The first-order valence-electron chi connectivity index (χ1n) is 6.36. The molecule has 0 aliphatic carbocycles. The number of hydrogen-bond acceptors (Lipinski definition) is 8. The highest BCUT2D eigenvalue weighted by atomic mass is 32.2. The van der Waals surface area contributed by atoms with E-state index in [-0.39, 0.29) is 29.2 Å². The molecule has 2 heterocycles. The molecule has 3 atom stereocenters. The van der Waals surface area contributed by atoms with Gasteiger partial charge < -0.3 is 20.5 Å². The van der Waals surface area contributed by atoms with Crippen molar-refractivity contribution in [2.24, 2.45) is 15.7 Å². The van der Waals surface area contributed by atoms with E-state index in [0.717, 1.165) is 0 Å². The van der Waals surface area contributed by atoms with Gasteiger partial charge in [-0.3, -0.25) is 4.79 Å². The predicted octanol–water partition coefficient (Wildman–Crippen LogP) is 0.262. The summed E-state index contributed by atoms with van der Waals surface area (Å²) in [7, 11) is 0. The summed E-state index contributed by atoms with van der Waals surface area (Å²) in [6.07, 6.45) is 1.88. The van der Waals surface area contributed by atoms with Gasteiger partial charge >= 0.3 is 5.97 Å². The van der Waals surface area contributed by atoms with Crippen LogP contribution >= 0.6 is 11.8 Å². The van der Waals surface area contributed by atoms with Gasteiger partial charge in [-0.2, -0.15) is 4.99 Å². The first kappa shape index (κ1) is 14.9. The third-order valence-corrected chi connectivity index (χ3v) is 4.60. The minimum Gasteiger partial charge on any atom is -0.464 e. The minimum absolute atomic E-state index is 0.0385. The number of nitrogens with zero attached hydrogens (tertiary/aromatic N) is 3. The van der Waals surface area contributed by atoms with Crippen LogP contribution in [0.1, 0.15) is 19.8 Å². The Hall–Kier alpha value is -1.54. The maximum absolute atomic E-state index is 11.2. The van der Waals surface area contributed by atoms with Crippen LogP contribution in [-0.4, -0.2) is 51.6 Å².